The quantitative estimate of drug-likeness (QED) is 0.575. The summed E-state index contributed by atoms with van der Waals surface area (Å²) < 4.78 is 0. The standard InChI is InChI=1S/C5H5ClS2/c1-7-5-3-8-2-4(5)6/h2-3H,1H3. The van der Waals surface area contributed by atoms with Crippen molar-refractivity contribution in [2.24, 2.45) is 0 Å². The van der Waals surface area contributed by atoms with Crippen molar-refractivity contribution in [3.63, 3.8) is 0 Å². The minimum absolute atomic E-state index is 0.877. The van der Waals surface area contributed by atoms with Crippen LogP contribution in [-0.2, 0) is 0 Å². The van der Waals surface area contributed by atoms with Gasteiger partial charge in [-0.3, -0.25) is 0 Å². The van der Waals surface area contributed by atoms with Crippen LogP contribution in [0, 0.1) is 0 Å². The van der Waals surface area contributed by atoms with Gasteiger partial charge in [0, 0.05) is 15.7 Å². The highest BCUT2D eigenvalue weighted by molar-refractivity contribution is 7.98. The summed E-state index contributed by atoms with van der Waals surface area (Å²) in [5, 5.41) is 4.86. The van der Waals surface area contributed by atoms with Crippen molar-refractivity contribution in [2.45, 2.75) is 4.90 Å². The Morgan fingerprint density at radius 3 is 2.62 bits per heavy atom. The van der Waals surface area contributed by atoms with Crippen molar-refractivity contribution in [3.05, 3.63) is 15.8 Å². The number of halogens is 1. The van der Waals surface area contributed by atoms with Gasteiger partial charge in [-0.25, -0.2) is 0 Å². The van der Waals surface area contributed by atoms with Gasteiger partial charge in [0.2, 0.25) is 0 Å². The van der Waals surface area contributed by atoms with E-state index in [-0.39, 0.29) is 0 Å². The smallest absolute Gasteiger partial charge is 0.0648 e. The highest BCUT2D eigenvalue weighted by Gasteiger charge is 1.95. The van der Waals surface area contributed by atoms with Crippen LogP contribution in [0.1, 0.15) is 0 Å². The molecule has 8 heavy (non-hydrogen) atoms. The summed E-state index contributed by atoms with van der Waals surface area (Å²) in [5.74, 6) is 0. The van der Waals surface area contributed by atoms with Crippen LogP contribution in [0.4, 0.5) is 0 Å². The average molecular weight is 165 g/mol. The molecule has 0 saturated heterocycles. The highest BCUT2D eigenvalue weighted by Crippen LogP contribution is 2.28. The van der Waals surface area contributed by atoms with Gasteiger partial charge in [0.25, 0.3) is 0 Å². The fourth-order valence-electron chi connectivity index (χ4n) is 0.416. The fraction of sp³-hybridized carbons (Fsp3) is 0.200. The minimum Gasteiger partial charge on any atom is -0.150 e. The SMILES string of the molecule is CSc1cscc1Cl. The van der Waals surface area contributed by atoms with Crippen molar-refractivity contribution in [1.29, 1.82) is 0 Å². The van der Waals surface area contributed by atoms with Crippen molar-refractivity contribution in [2.75, 3.05) is 6.26 Å². The predicted molar refractivity (Wildman–Crippen MR) is 41.1 cm³/mol. The molecule has 0 unspecified atom stereocenters. The van der Waals surface area contributed by atoms with Gasteiger partial charge in [0.15, 0.2) is 0 Å². The van der Waals surface area contributed by atoms with Crippen LogP contribution in [0.15, 0.2) is 15.7 Å². The fourth-order valence-corrected chi connectivity index (χ4v) is 2.37. The topological polar surface area (TPSA) is 0 Å². The normalized spacial score (nSPS) is 9.75. The molecule has 0 aromatic carbocycles. The molecule has 0 saturated carbocycles. The number of thiophene rings is 1. The molecular formula is C5H5ClS2. The maximum Gasteiger partial charge on any atom is 0.0648 e. The van der Waals surface area contributed by atoms with Crippen LogP contribution >= 0.6 is 34.7 Å². The minimum atomic E-state index is 0.877. The Kier molecular flexibility index (Phi) is 2.23. The number of hydrogen-bond donors (Lipinski definition) is 0. The second-order valence-electron chi connectivity index (χ2n) is 1.29. The Hall–Kier alpha value is 0.340. The maximum atomic E-state index is 5.73. The van der Waals surface area contributed by atoms with E-state index in [9.17, 15) is 0 Å². The Balaban J connectivity index is 2.92. The van der Waals surface area contributed by atoms with Gasteiger partial charge in [-0.05, 0) is 6.26 Å². The Morgan fingerprint density at radius 2 is 2.38 bits per heavy atom. The molecule has 1 aromatic heterocycles. The average Bonchev–Trinajstić information content (AvgIpc) is 2.14. The molecule has 0 N–H and O–H groups in total. The van der Waals surface area contributed by atoms with E-state index < -0.39 is 0 Å². The van der Waals surface area contributed by atoms with E-state index in [0.717, 1.165) is 5.02 Å². The third kappa shape index (κ3) is 1.19. The van der Waals surface area contributed by atoms with Gasteiger partial charge in [-0.1, -0.05) is 11.6 Å². The summed E-state index contributed by atoms with van der Waals surface area (Å²) >= 11 is 9.05. The summed E-state index contributed by atoms with van der Waals surface area (Å²) in [6, 6.07) is 0. The van der Waals surface area contributed by atoms with Crippen LogP contribution in [-0.4, -0.2) is 6.26 Å². The Morgan fingerprint density at radius 1 is 1.62 bits per heavy atom. The van der Waals surface area contributed by atoms with Crippen molar-refractivity contribution >= 4 is 34.7 Å². The molecule has 0 spiro atoms. The monoisotopic (exact) mass is 164 g/mol. The molecule has 3 heteroatoms. The lowest BCUT2D eigenvalue weighted by Gasteiger charge is -1.85. The molecular weight excluding hydrogens is 160 g/mol. The zero-order valence-corrected chi connectivity index (χ0v) is 6.74. The third-order valence-electron chi connectivity index (χ3n) is 0.802. The largest absolute Gasteiger partial charge is 0.150 e. The zero-order chi connectivity index (χ0) is 5.98. The molecule has 0 radical (unpaired) electrons. The molecule has 0 aliphatic heterocycles. The highest BCUT2D eigenvalue weighted by atomic mass is 35.5. The molecule has 1 heterocycles. The molecule has 0 aliphatic rings. The molecule has 0 amide bonds. The van der Waals surface area contributed by atoms with E-state index >= 15 is 0 Å². The van der Waals surface area contributed by atoms with Crippen molar-refractivity contribution in [1.82, 2.24) is 0 Å². The summed E-state index contributed by atoms with van der Waals surface area (Å²) in [6.07, 6.45) is 2.02. The molecule has 0 atom stereocenters. The summed E-state index contributed by atoms with van der Waals surface area (Å²) in [4.78, 5) is 1.18. The van der Waals surface area contributed by atoms with E-state index in [1.165, 1.54) is 4.90 Å². The zero-order valence-electron chi connectivity index (χ0n) is 4.35. The maximum absolute atomic E-state index is 5.73. The summed E-state index contributed by atoms with van der Waals surface area (Å²) in [7, 11) is 0. The van der Waals surface area contributed by atoms with E-state index in [2.05, 4.69) is 0 Å². The second-order valence-corrected chi connectivity index (χ2v) is 3.29. The number of hydrogen-bond acceptors (Lipinski definition) is 2. The second kappa shape index (κ2) is 2.76. The molecule has 0 bridgehead atoms. The Labute approximate surface area is 61.9 Å². The molecule has 1 aromatic rings. The van der Waals surface area contributed by atoms with Gasteiger partial charge in [-0.2, -0.15) is 0 Å². The number of thioether (sulfide) groups is 1. The third-order valence-corrected chi connectivity index (χ3v) is 3.03. The molecule has 1 rings (SSSR count). The van der Waals surface area contributed by atoms with Gasteiger partial charge >= 0.3 is 0 Å². The van der Waals surface area contributed by atoms with E-state index in [1.807, 2.05) is 17.0 Å². The molecule has 0 aliphatic carbocycles. The van der Waals surface area contributed by atoms with Crippen LogP contribution in [0.2, 0.25) is 5.02 Å². The van der Waals surface area contributed by atoms with Crippen LogP contribution in [0.25, 0.3) is 0 Å². The van der Waals surface area contributed by atoms with Crippen molar-refractivity contribution in [3.8, 4) is 0 Å². The first-order valence-corrected chi connectivity index (χ1v) is 4.65. The van der Waals surface area contributed by atoms with E-state index in [0.29, 0.717) is 0 Å². The lowest BCUT2D eigenvalue weighted by Crippen LogP contribution is -1.56. The van der Waals surface area contributed by atoms with E-state index in [1.54, 1.807) is 23.1 Å². The van der Waals surface area contributed by atoms with Gasteiger partial charge in [-0.15, -0.1) is 23.1 Å². The molecule has 44 valence electrons. The molecule has 0 nitrogen and oxygen atoms in total. The Bertz CT molecular complexity index is 171. The predicted octanol–water partition coefficient (Wildman–Crippen LogP) is 3.12. The van der Waals surface area contributed by atoms with E-state index in [4.69, 9.17) is 11.6 Å². The first-order chi connectivity index (χ1) is 3.84. The van der Waals surface area contributed by atoms with Crippen LogP contribution < -0.4 is 0 Å². The molecule has 0 fully saturated rings. The van der Waals surface area contributed by atoms with Crippen LogP contribution in [0.3, 0.4) is 0 Å². The first kappa shape index (κ1) is 6.46. The first-order valence-electron chi connectivity index (χ1n) is 2.10. The summed E-state index contributed by atoms with van der Waals surface area (Å²) in [5.41, 5.74) is 0. The van der Waals surface area contributed by atoms with Gasteiger partial charge in [0.05, 0.1) is 5.02 Å². The van der Waals surface area contributed by atoms with Gasteiger partial charge < -0.3 is 0 Å². The van der Waals surface area contributed by atoms with Gasteiger partial charge in [0.1, 0.15) is 0 Å². The number of rotatable bonds is 1. The lowest BCUT2D eigenvalue weighted by molar-refractivity contribution is 1.60. The van der Waals surface area contributed by atoms with Crippen LogP contribution in [0.5, 0.6) is 0 Å². The lowest BCUT2D eigenvalue weighted by atomic mass is 10.7. The summed E-state index contributed by atoms with van der Waals surface area (Å²) in [6.45, 7) is 0. The van der Waals surface area contributed by atoms with Crippen molar-refractivity contribution < 1.29 is 0 Å².